The van der Waals surface area contributed by atoms with Crippen molar-refractivity contribution in [3.63, 3.8) is 0 Å². The van der Waals surface area contributed by atoms with Gasteiger partial charge in [0.25, 0.3) is 0 Å². The lowest BCUT2D eigenvalue weighted by Gasteiger charge is -2.03. The first kappa shape index (κ1) is 11.5. The molecule has 1 amide bonds. The summed E-state index contributed by atoms with van der Waals surface area (Å²) in [5, 5.41) is 5.76. The molecule has 1 rings (SSSR count). The normalized spacial score (nSPS) is 11.5. The number of aromatic amines is 1. The van der Waals surface area contributed by atoms with E-state index in [9.17, 15) is 13.2 Å². The van der Waals surface area contributed by atoms with E-state index in [1.165, 1.54) is 0 Å². The summed E-state index contributed by atoms with van der Waals surface area (Å²) in [7, 11) is -3.72. The molecule has 0 spiro atoms. The molecule has 0 aromatic carbocycles. The number of sulfonamides is 1. The molecule has 0 aliphatic rings. The van der Waals surface area contributed by atoms with Crippen molar-refractivity contribution in [2.45, 2.75) is 11.3 Å². The van der Waals surface area contributed by atoms with Crippen LogP contribution in [0.2, 0.25) is 0 Å². The van der Waals surface area contributed by atoms with Crippen LogP contribution in [0.1, 0.15) is 6.42 Å². The van der Waals surface area contributed by atoms with Crippen LogP contribution in [0.5, 0.6) is 0 Å². The Morgan fingerprint density at radius 1 is 1.60 bits per heavy atom. The van der Waals surface area contributed by atoms with Gasteiger partial charge < -0.3 is 11.5 Å². The first-order chi connectivity index (χ1) is 6.93. The second kappa shape index (κ2) is 4.28. The van der Waals surface area contributed by atoms with E-state index in [0.29, 0.717) is 0 Å². The van der Waals surface area contributed by atoms with Crippen LogP contribution in [0.15, 0.2) is 11.1 Å². The van der Waals surface area contributed by atoms with Crippen molar-refractivity contribution in [3.05, 3.63) is 6.20 Å². The second-order valence-electron chi connectivity index (χ2n) is 2.76. The van der Waals surface area contributed by atoms with Gasteiger partial charge in [-0.3, -0.25) is 9.89 Å². The van der Waals surface area contributed by atoms with Gasteiger partial charge in [-0.25, -0.2) is 13.1 Å². The predicted molar refractivity (Wildman–Crippen MR) is 52.0 cm³/mol. The topological polar surface area (TPSA) is 144 Å². The van der Waals surface area contributed by atoms with Gasteiger partial charge in [-0.05, 0) is 0 Å². The zero-order valence-corrected chi connectivity index (χ0v) is 8.54. The van der Waals surface area contributed by atoms with E-state index in [1.807, 2.05) is 0 Å². The Labute approximate surface area is 86.1 Å². The van der Waals surface area contributed by atoms with Crippen molar-refractivity contribution >= 4 is 21.7 Å². The number of nitrogens with one attached hydrogen (secondary N) is 2. The largest absolute Gasteiger partial charge is 0.383 e. The molecule has 9 heteroatoms. The molecule has 1 aromatic heterocycles. The molecule has 15 heavy (non-hydrogen) atoms. The number of hydrogen-bond donors (Lipinski definition) is 4. The van der Waals surface area contributed by atoms with Crippen LogP contribution in [-0.4, -0.2) is 31.1 Å². The second-order valence-corrected chi connectivity index (χ2v) is 4.50. The number of amides is 1. The van der Waals surface area contributed by atoms with Crippen molar-refractivity contribution in [1.29, 1.82) is 0 Å². The maximum absolute atomic E-state index is 11.5. The SMILES string of the molecule is NC(=O)CCNS(=O)(=O)c1cn[nH]c1N. The maximum atomic E-state index is 11.5. The molecule has 0 radical (unpaired) electrons. The first-order valence-corrected chi connectivity index (χ1v) is 5.48. The molecule has 1 aromatic rings. The van der Waals surface area contributed by atoms with E-state index in [-0.39, 0.29) is 23.7 Å². The third-order valence-corrected chi connectivity index (χ3v) is 3.07. The number of primary amides is 1. The molecule has 0 aliphatic carbocycles. The summed E-state index contributed by atoms with van der Waals surface area (Å²) in [5.74, 6) is -0.639. The molecule has 0 aliphatic heterocycles. The Hall–Kier alpha value is -1.61. The Morgan fingerprint density at radius 3 is 2.73 bits per heavy atom. The third-order valence-electron chi connectivity index (χ3n) is 1.59. The van der Waals surface area contributed by atoms with Crippen molar-refractivity contribution in [3.8, 4) is 0 Å². The van der Waals surface area contributed by atoms with Gasteiger partial charge in [-0.2, -0.15) is 5.10 Å². The van der Waals surface area contributed by atoms with Crippen molar-refractivity contribution in [1.82, 2.24) is 14.9 Å². The van der Waals surface area contributed by atoms with E-state index in [2.05, 4.69) is 14.9 Å². The number of carbonyl (C=O) groups is 1. The van der Waals surface area contributed by atoms with Gasteiger partial charge in [0, 0.05) is 13.0 Å². The molecule has 6 N–H and O–H groups in total. The van der Waals surface area contributed by atoms with Crippen LogP contribution in [0.25, 0.3) is 0 Å². The van der Waals surface area contributed by atoms with Gasteiger partial charge in [0.05, 0.1) is 6.20 Å². The summed E-state index contributed by atoms with van der Waals surface area (Å²) in [6, 6.07) is 0. The number of rotatable bonds is 5. The lowest BCUT2D eigenvalue weighted by Crippen LogP contribution is -2.28. The van der Waals surface area contributed by atoms with E-state index in [0.717, 1.165) is 6.20 Å². The molecule has 0 atom stereocenters. The fraction of sp³-hybridized carbons (Fsp3) is 0.333. The fourth-order valence-electron chi connectivity index (χ4n) is 0.886. The van der Waals surface area contributed by atoms with E-state index in [1.54, 1.807) is 0 Å². The number of anilines is 1. The van der Waals surface area contributed by atoms with E-state index in [4.69, 9.17) is 11.5 Å². The molecule has 1 heterocycles. The number of hydrogen-bond acceptors (Lipinski definition) is 5. The minimum atomic E-state index is -3.72. The van der Waals surface area contributed by atoms with Crippen molar-refractivity contribution in [2.75, 3.05) is 12.3 Å². The number of nitrogens with zero attached hydrogens (tertiary/aromatic N) is 1. The fourth-order valence-corrected chi connectivity index (χ4v) is 1.94. The minimum Gasteiger partial charge on any atom is -0.383 e. The highest BCUT2D eigenvalue weighted by atomic mass is 32.2. The molecular formula is C6H11N5O3S. The summed E-state index contributed by atoms with van der Waals surface area (Å²) in [6.07, 6.45) is 1.01. The summed E-state index contributed by atoms with van der Waals surface area (Å²) >= 11 is 0. The summed E-state index contributed by atoms with van der Waals surface area (Å²) in [5.41, 5.74) is 10.2. The van der Waals surface area contributed by atoms with Gasteiger partial charge in [-0.1, -0.05) is 0 Å². The van der Waals surface area contributed by atoms with Crippen LogP contribution in [0, 0.1) is 0 Å². The van der Waals surface area contributed by atoms with Crippen molar-refractivity contribution in [2.24, 2.45) is 5.73 Å². The first-order valence-electron chi connectivity index (χ1n) is 4.00. The summed E-state index contributed by atoms with van der Waals surface area (Å²) in [4.78, 5) is 10.2. The molecule has 0 fully saturated rings. The molecule has 0 bridgehead atoms. The van der Waals surface area contributed by atoms with Gasteiger partial charge in [-0.15, -0.1) is 0 Å². The lowest BCUT2D eigenvalue weighted by atomic mass is 10.4. The molecule has 0 saturated carbocycles. The van der Waals surface area contributed by atoms with Crippen LogP contribution >= 0.6 is 0 Å². The van der Waals surface area contributed by atoms with Crippen LogP contribution < -0.4 is 16.2 Å². The predicted octanol–water partition coefficient (Wildman–Crippen LogP) is -1.85. The number of carbonyl (C=O) groups excluding carboxylic acids is 1. The zero-order valence-electron chi connectivity index (χ0n) is 7.73. The van der Waals surface area contributed by atoms with Gasteiger partial charge in [0.2, 0.25) is 15.9 Å². The van der Waals surface area contributed by atoms with Crippen LogP contribution in [-0.2, 0) is 14.8 Å². The van der Waals surface area contributed by atoms with Crippen LogP contribution in [0.4, 0.5) is 5.82 Å². The highest BCUT2D eigenvalue weighted by molar-refractivity contribution is 7.89. The van der Waals surface area contributed by atoms with Gasteiger partial charge in [0.15, 0.2) is 0 Å². The highest BCUT2D eigenvalue weighted by Gasteiger charge is 2.18. The van der Waals surface area contributed by atoms with Gasteiger partial charge in [0.1, 0.15) is 10.7 Å². The highest BCUT2D eigenvalue weighted by Crippen LogP contribution is 2.12. The number of nitrogen functional groups attached to an aromatic ring is 1. The zero-order chi connectivity index (χ0) is 11.5. The average Bonchev–Trinajstić information content (AvgIpc) is 2.50. The molecule has 0 unspecified atom stereocenters. The Balaban J connectivity index is 2.69. The summed E-state index contributed by atoms with van der Waals surface area (Å²) < 4.78 is 25.1. The lowest BCUT2D eigenvalue weighted by molar-refractivity contribution is -0.117. The van der Waals surface area contributed by atoms with Gasteiger partial charge >= 0.3 is 0 Å². The number of nitrogens with two attached hydrogens (primary N) is 2. The molecule has 8 nitrogen and oxygen atoms in total. The molecule has 84 valence electrons. The molecular weight excluding hydrogens is 222 g/mol. The maximum Gasteiger partial charge on any atom is 0.245 e. The Kier molecular flexibility index (Phi) is 3.27. The minimum absolute atomic E-state index is 0.0541. The van der Waals surface area contributed by atoms with Crippen LogP contribution in [0.3, 0.4) is 0 Å². The molecule has 0 saturated heterocycles. The Morgan fingerprint density at radius 2 is 2.27 bits per heavy atom. The number of H-pyrrole nitrogens is 1. The van der Waals surface area contributed by atoms with E-state index < -0.39 is 15.9 Å². The average molecular weight is 233 g/mol. The Bertz CT molecular complexity index is 451. The quantitative estimate of drug-likeness (QED) is 0.471. The smallest absolute Gasteiger partial charge is 0.245 e. The summed E-state index contributed by atoms with van der Waals surface area (Å²) in [6.45, 7) is -0.0672. The third kappa shape index (κ3) is 2.92. The van der Waals surface area contributed by atoms with Crippen molar-refractivity contribution < 1.29 is 13.2 Å². The van der Waals surface area contributed by atoms with E-state index >= 15 is 0 Å². The number of aromatic nitrogens is 2. The monoisotopic (exact) mass is 233 g/mol. The standard InChI is InChI=1S/C6H11N5O3S/c7-5(12)1-2-10-15(13,14)4-3-9-11-6(4)8/h3,10H,1-2H2,(H2,7,12)(H3,8,9,11).